The van der Waals surface area contributed by atoms with Crippen LogP contribution in [0.25, 0.3) is 0 Å². The number of carbonyl (C=O) groups excluding carboxylic acids is 3. The van der Waals surface area contributed by atoms with E-state index in [2.05, 4.69) is 154 Å². The highest BCUT2D eigenvalue weighted by atomic mass is 16.6. The van der Waals surface area contributed by atoms with Gasteiger partial charge in [0, 0.05) is 19.3 Å². The summed E-state index contributed by atoms with van der Waals surface area (Å²) in [5.41, 5.74) is 0. The van der Waals surface area contributed by atoms with Crippen LogP contribution < -0.4 is 0 Å². The quantitative estimate of drug-likeness (QED) is 0.0262. The maximum Gasteiger partial charge on any atom is 0.306 e. The van der Waals surface area contributed by atoms with Crippen LogP contribution in [0.5, 0.6) is 0 Å². The Hall–Kier alpha value is -4.71. The maximum absolute atomic E-state index is 12.7. The summed E-state index contributed by atoms with van der Waals surface area (Å²) >= 11 is 0. The van der Waals surface area contributed by atoms with Crippen molar-refractivity contribution in [3.8, 4) is 0 Å². The summed E-state index contributed by atoms with van der Waals surface area (Å²) in [7, 11) is 0. The molecule has 380 valence electrons. The molecule has 0 aromatic rings. The summed E-state index contributed by atoms with van der Waals surface area (Å²) in [5.74, 6) is -1.04. The number of carbonyl (C=O) groups is 3. The lowest BCUT2D eigenvalue weighted by atomic mass is 10.1. The number of allylic oxidation sites excluding steroid dienone is 24. The van der Waals surface area contributed by atoms with Crippen molar-refractivity contribution in [2.24, 2.45) is 0 Å². The Labute approximate surface area is 417 Å². The van der Waals surface area contributed by atoms with E-state index in [0.717, 1.165) is 128 Å². The molecule has 0 heterocycles. The molecule has 0 saturated heterocycles. The van der Waals surface area contributed by atoms with Gasteiger partial charge in [0.2, 0.25) is 0 Å². The van der Waals surface area contributed by atoms with E-state index < -0.39 is 12.1 Å². The molecule has 0 N–H and O–H groups in total. The van der Waals surface area contributed by atoms with Crippen molar-refractivity contribution in [1.82, 2.24) is 0 Å². The first kappa shape index (κ1) is 63.3. The molecule has 0 radical (unpaired) electrons. The van der Waals surface area contributed by atoms with Gasteiger partial charge >= 0.3 is 17.9 Å². The predicted octanol–water partition coefficient (Wildman–Crippen LogP) is 18.0. The predicted molar refractivity (Wildman–Crippen MR) is 292 cm³/mol. The second kappa shape index (κ2) is 54.9. The minimum Gasteiger partial charge on any atom is -0.462 e. The van der Waals surface area contributed by atoms with Gasteiger partial charge in [-0.15, -0.1) is 0 Å². The van der Waals surface area contributed by atoms with Crippen molar-refractivity contribution in [2.75, 3.05) is 13.2 Å². The van der Waals surface area contributed by atoms with Crippen LogP contribution in [0.4, 0.5) is 0 Å². The highest BCUT2D eigenvalue weighted by molar-refractivity contribution is 5.71. The standard InChI is InChI=1S/C62H96O6/c1-4-7-10-13-16-18-20-22-23-24-25-26-27-28-29-30-31-32-33-34-35-36-37-38-39-41-42-44-46-49-52-55-61(64)67-58-59(57-66-60(63)54-51-48-15-12-9-6-3)68-62(65)56-53-50-47-45-43-40-21-19-17-14-11-8-5-2/h7-8,10-11,16-19,22-23,25-26,28-29,31-32,34-35,37-38,40,43,47,50,59H,4-6,9,12-15,20-21,24,27,30,33,36,39,41-42,44-46,48-49,51-58H2,1-3H3/b10-7-,11-8-,18-16-,19-17-,23-22-,26-25-,29-28-,32-31-,35-34-,38-37-,43-40-,50-47-. The van der Waals surface area contributed by atoms with Gasteiger partial charge in [-0.2, -0.15) is 0 Å². The van der Waals surface area contributed by atoms with Crippen molar-refractivity contribution >= 4 is 17.9 Å². The zero-order valence-electron chi connectivity index (χ0n) is 43.3. The molecule has 1 unspecified atom stereocenters. The summed E-state index contributed by atoms with van der Waals surface area (Å²) in [5, 5.41) is 0. The van der Waals surface area contributed by atoms with Gasteiger partial charge in [0.15, 0.2) is 6.10 Å². The minimum absolute atomic E-state index is 0.116. The molecular formula is C62H96O6. The van der Waals surface area contributed by atoms with E-state index in [1.807, 2.05) is 12.2 Å². The highest BCUT2D eigenvalue weighted by Gasteiger charge is 2.19. The van der Waals surface area contributed by atoms with Crippen molar-refractivity contribution in [3.63, 3.8) is 0 Å². The van der Waals surface area contributed by atoms with Crippen molar-refractivity contribution in [3.05, 3.63) is 146 Å². The molecule has 0 amide bonds. The molecule has 0 rings (SSSR count). The molecular weight excluding hydrogens is 841 g/mol. The molecule has 0 fully saturated rings. The van der Waals surface area contributed by atoms with Gasteiger partial charge in [0.1, 0.15) is 13.2 Å². The molecule has 6 heteroatoms. The van der Waals surface area contributed by atoms with Crippen LogP contribution in [0, 0.1) is 0 Å². The minimum atomic E-state index is -0.823. The van der Waals surface area contributed by atoms with Gasteiger partial charge in [-0.1, -0.05) is 224 Å². The molecule has 0 spiro atoms. The number of hydrogen-bond donors (Lipinski definition) is 0. The second-order valence-corrected chi connectivity index (χ2v) is 17.0. The van der Waals surface area contributed by atoms with E-state index in [0.29, 0.717) is 19.3 Å². The fraction of sp³-hybridized carbons (Fsp3) is 0.565. The largest absolute Gasteiger partial charge is 0.462 e. The molecule has 0 aliphatic carbocycles. The van der Waals surface area contributed by atoms with E-state index in [1.165, 1.54) is 32.1 Å². The molecule has 0 aliphatic rings. The SMILES string of the molecule is CC/C=C\C/C=C\C/C=C\C/C=C\C/C=C\C/C=C\C/C=C\C/C=C\CCCCCCCCC(=O)OCC(COC(=O)CCCCCCCC)OC(=O)CC/C=C\C/C=C\C/C=C\C/C=C\CC. The third-order valence-corrected chi connectivity index (χ3v) is 10.6. The van der Waals surface area contributed by atoms with Crippen LogP contribution in [0.15, 0.2) is 146 Å². The van der Waals surface area contributed by atoms with Crippen LogP contribution in [0.2, 0.25) is 0 Å². The Bertz CT molecular complexity index is 1540. The summed E-state index contributed by atoms with van der Waals surface area (Å²) in [4.78, 5) is 37.7. The Morgan fingerprint density at radius 2 is 0.603 bits per heavy atom. The number of ether oxygens (including phenoxy) is 3. The average Bonchev–Trinajstić information content (AvgIpc) is 3.34. The Morgan fingerprint density at radius 3 is 0.956 bits per heavy atom. The van der Waals surface area contributed by atoms with E-state index in [-0.39, 0.29) is 31.6 Å². The van der Waals surface area contributed by atoms with Crippen LogP contribution in [-0.4, -0.2) is 37.2 Å². The van der Waals surface area contributed by atoms with Crippen LogP contribution >= 0.6 is 0 Å². The number of hydrogen-bond acceptors (Lipinski definition) is 6. The Kier molecular flexibility index (Phi) is 51.1. The summed E-state index contributed by atoms with van der Waals surface area (Å²) in [6.07, 6.45) is 78.9. The van der Waals surface area contributed by atoms with Crippen molar-refractivity contribution in [2.45, 2.75) is 213 Å². The van der Waals surface area contributed by atoms with Gasteiger partial charge in [-0.25, -0.2) is 0 Å². The first-order chi connectivity index (χ1) is 33.5. The van der Waals surface area contributed by atoms with Gasteiger partial charge in [-0.3, -0.25) is 14.4 Å². The van der Waals surface area contributed by atoms with E-state index >= 15 is 0 Å². The lowest BCUT2D eigenvalue weighted by Crippen LogP contribution is -2.30. The fourth-order valence-corrected chi connectivity index (χ4v) is 6.65. The van der Waals surface area contributed by atoms with E-state index in [1.54, 1.807) is 0 Å². The monoisotopic (exact) mass is 937 g/mol. The number of rotatable bonds is 46. The summed E-state index contributed by atoms with van der Waals surface area (Å²) in [6, 6.07) is 0. The van der Waals surface area contributed by atoms with Crippen molar-refractivity contribution in [1.29, 1.82) is 0 Å². The second-order valence-electron chi connectivity index (χ2n) is 17.0. The normalized spacial score (nSPS) is 13.3. The summed E-state index contributed by atoms with van der Waals surface area (Å²) < 4.78 is 16.6. The smallest absolute Gasteiger partial charge is 0.306 e. The van der Waals surface area contributed by atoms with Crippen LogP contribution in [0.1, 0.15) is 207 Å². The Balaban J connectivity index is 4.22. The van der Waals surface area contributed by atoms with Gasteiger partial charge in [-0.05, 0) is 109 Å². The zero-order chi connectivity index (χ0) is 49.3. The third kappa shape index (κ3) is 52.3. The Morgan fingerprint density at radius 1 is 0.309 bits per heavy atom. The average molecular weight is 937 g/mol. The molecule has 0 aliphatic heterocycles. The van der Waals surface area contributed by atoms with Crippen molar-refractivity contribution < 1.29 is 28.6 Å². The molecule has 6 nitrogen and oxygen atoms in total. The fourth-order valence-electron chi connectivity index (χ4n) is 6.65. The number of unbranched alkanes of at least 4 members (excludes halogenated alkanes) is 11. The summed E-state index contributed by atoms with van der Waals surface area (Å²) in [6.45, 7) is 6.24. The molecule has 0 bridgehead atoms. The molecule has 0 aromatic carbocycles. The third-order valence-electron chi connectivity index (χ3n) is 10.6. The maximum atomic E-state index is 12.7. The van der Waals surface area contributed by atoms with Gasteiger partial charge in [0.05, 0.1) is 0 Å². The molecule has 1 atom stereocenters. The first-order valence-corrected chi connectivity index (χ1v) is 26.8. The van der Waals surface area contributed by atoms with Gasteiger partial charge in [0.25, 0.3) is 0 Å². The molecule has 68 heavy (non-hydrogen) atoms. The zero-order valence-corrected chi connectivity index (χ0v) is 43.3. The van der Waals surface area contributed by atoms with Crippen LogP contribution in [0.3, 0.4) is 0 Å². The van der Waals surface area contributed by atoms with E-state index in [4.69, 9.17) is 14.2 Å². The number of esters is 3. The lowest BCUT2D eigenvalue weighted by molar-refractivity contribution is -0.166. The molecule has 0 aromatic heterocycles. The molecule has 0 saturated carbocycles. The first-order valence-electron chi connectivity index (χ1n) is 26.8. The topological polar surface area (TPSA) is 78.9 Å². The van der Waals surface area contributed by atoms with Gasteiger partial charge < -0.3 is 14.2 Å². The van der Waals surface area contributed by atoms with E-state index in [9.17, 15) is 14.4 Å². The van der Waals surface area contributed by atoms with Crippen LogP contribution in [-0.2, 0) is 28.6 Å². The highest BCUT2D eigenvalue weighted by Crippen LogP contribution is 2.12. The lowest BCUT2D eigenvalue weighted by Gasteiger charge is -2.18.